The molecule has 2 N–H and O–H groups in total. The number of hydrogen-bond acceptors (Lipinski definition) is 5. The van der Waals surface area contributed by atoms with Crippen molar-refractivity contribution in [2.45, 2.75) is 52.3 Å². The highest BCUT2D eigenvalue weighted by Crippen LogP contribution is 2.22. The van der Waals surface area contributed by atoms with Gasteiger partial charge >= 0.3 is 6.09 Å². The number of rotatable bonds is 4. The molecule has 0 radical (unpaired) electrons. The molecule has 1 saturated heterocycles. The summed E-state index contributed by atoms with van der Waals surface area (Å²) in [5.74, 6) is 0. The van der Waals surface area contributed by atoms with Crippen molar-refractivity contribution < 1.29 is 9.53 Å². The summed E-state index contributed by atoms with van der Waals surface area (Å²) in [6.45, 7) is 10.2. The van der Waals surface area contributed by atoms with Crippen LogP contribution in [0.25, 0.3) is 5.69 Å². The summed E-state index contributed by atoms with van der Waals surface area (Å²) in [5.41, 5.74) is 9.52. The van der Waals surface area contributed by atoms with Crippen LogP contribution in [0.2, 0.25) is 0 Å². The molecule has 1 aliphatic rings. The highest BCUT2D eigenvalue weighted by molar-refractivity contribution is 5.68. The first-order chi connectivity index (χ1) is 13.1. The van der Waals surface area contributed by atoms with Gasteiger partial charge in [0.2, 0.25) is 0 Å². The summed E-state index contributed by atoms with van der Waals surface area (Å²) in [7, 11) is 1.82. The van der Waals surface area contributed by atoms with Crippen LogP contribution in [-0.2, 0) is 11.3 Å². The van der Waals surface area contributed by atoms with E-state index in [4.69, 9.17) is 10.5 Å². The molecule has 1 aliphatic heterocycles. The minimum Gasteiger partial charge on any atom is -0.444 e. The van der Waals surface area contributed by atoms with Crippen LogP contribution in [-0.4, -0.2) is 57.2 Å². The Labute approximate surface area is 167 Å². The molecule has 152 valence electrons. The normalized spacial score (nSPS) is 17.7. The van der Waals surface area contributed by atoms with Gasteiger partial charge in [0.05, 0.1) is 12.0 Å². The second kappa shape index (κ2) is 7.83. The van der Waals surface area contributed by atoms with Crippen LogP contribution in [0.15, 0.2) is 30.7 Å². The van der Waals surface area contributed by atoms with Crippen molar-refractivity contribution in [2.24, 2.45) is 0 Å². The summed E-state index contributed by atoms with van der Waals surface area (Å²) in [6.07, 6.45) is 4.46. The number of hydrogen-bond donors (Lipinski definition) is 1. The molecule has 2 aromatic rings. The van der Waals surface area contributed by atoms with E-state index in [2.05, 4.69) is 16.0 Å². The van der Waals surface area contributed by atoms with Gasteiger partial charge in [-0.2, -0.15) is 0 Å². The van der Waals surface area contributed by atoms with E-state index in [1.165, 1.54) is 0 Å². The minimum atomic E-state index is -0.479. The van der Waals surface area contributed by atoms with E-state index >= 15 is 0 Å². The van der Waals surface area contributed by atoms with Crippen molar-refractivity contribution in [1.29, 1.82) is 0 Å². The third-order valence-corrected chi connectivity index (χ3v) is 4.89. The van der Waals surface area contributed by atoms with E-state index in [1.54, 1.807) is 11.2 Å². The summed E-state index contributed by atoms with van der Waals surface area (Å²) in [5, 5.41) is 0. The third-order valence-electron chi connectivity index (χ3n) is 4.89. The van der Waals surface area contributed by atoms with Gasteiger partial charge in [-0.25, -0.2) is 9.78 Å². The number of anilines is 1. The van der Waals surface area contributed by atoms with E-state index < -0.39 is 5.60 Å². The fourth-order valence-corrected chi connectivity index (χ4v) is 3.52. The number of amides is 1. The second-order valence-corrected chi connectivity index (χ2v) is 8.62. The summed E-state index contributed by atoms with van der Waals surface area (Å²) >= 11 is 0. The topological polar surface area (TPSA) is 76.6 Å². The zero-order chi connectivity index (χ0) is 20.5. The predicted octanol–water partition coefficient (Wildman–Crippen LogP) is 3.20. The number of benzene rings is 1. The fourth-order valence-electron chi connectivity index (χ4n) is 3.52. The highest BCUT2D eigenvalue weighted by Gasteiger charge is 2.30. The Morgan fingerprint density at radius 1 is 1.36 bits per heavy atom. The van der Waals surface area contributed by atoms with Crippen LogP contribution in [0.3, 0.4) is 0 Å². The van der Waals surface area contributed by atoms with Gasteiger partial charge < -0.3 is 19.9 Å². The molecule has 1 aromatic carbocycles. The highest BCUT2D eigenvalue weighted by atomic mass is 16.6. The molecular formula is C21H31N5O2. The Morgan fingerprint density at radius 2 is 2.11 bits per heavy atom. The number of aromatic nitrogens is 2. The van der Waals surface area contributed by atoms with E-state index in [1.807, 2.05) is 57.6 Å². The van der Waals surface area contributed by atoms with E-state index in [0.717, 1.165) is 48.7 Å². The molecule has 7 nitrogen and oxygen atoms in total. The zero-order valence-electron chi connectivity index (χ0n) is 17.5. The molecule has 0 bridgehead atoms. The maximum absolute atomic E-state index is 12.3. The number of nitrogen functional groups attached to an aromatic ring is 1. The lowest BCUT2D eigenvalue weighted by Gasteiger charge is -2.28. The molecule has 0 unspecified atom stereocenters. The van der Waals surface area contributed by atoms with Crippen molar-refractivity contribution in [2.75, 3.05) is 25.9 Å². The van der Waals surface area contributed by atoms with Crippen molar-refractivity contribution in [3.05, 3.63) is 42.0 Å². The number of ether oxygens (including phenoxy) is 1. The van der Waals surface area contributed by atoms with Gasteiger partial charge in [0.1, 0.15) is 5.60 Å². The van der Waals surface area contributed by atoms with Crippen LogP contribution in [0, 0.1) is 6.92 Å². The Morgan fingerprint density at radius 3 is 2.75 bits per heavy atom. The number of imidazole rings is 1. The van der Waals surface area contributed by atoms with Crippen LogP contribution < -0.4 is 5.73 Å². The van der Waals surface area contributed by atoms with Crippen LogP contribution in [0.5, 0.6) is 0 Å². The number of nitrogens with two attached hydrogens (primary N) is 1. The minimum absolute atomic E-state index is 0.159. The molecule has 28 heavy (non-hydrogen) atoms. The van der Waals surface area contributed by atoms with Gasteiger partial charge in [0.15, 0.2) is 0 Å². The lowest BCUT2D eigenvalue weighted by molar-refractivity contribution is 0.0228. The van der Waals surface area contributed by atoms with E-state index in [-0.39, 0.29) is 12.1 Å². The average Bonchev–Trinajstić information content (AvgIpc) is 3.21. The molecule has 0 saturated carbocycles. The Balaban J connectivity index is 1.64. The Hall–Kier alpha value is -2.54. The van der Waals surface area contributed by atoms with E-state index in [0.29, 0.717) is 0 Å². The monoisotopic (exact) mass is 385 g/mol. The van der Waals surface area contributed by atoms with Gasteiger partial charge in [-0.15, -0.1) is 0 Å². The number of likely N-dealkylation sites (tertiary alicyclic amines) is 1. The number of carbonyl (C=O) groups is 1. The third kappa shape index (κ3) is 5.04. The molecule has 7 heteroatoms. The first-order valence-electron chi connectivity index (χ1n) is 9.69. The molecule has 0 spiro atoms. The Bertz CT molecular complexity index is 840. The Kier molecular flexibility index (Phi) is 5.65. The maximum atomic E-state index is 12.3. The number of carbonyl (C=O) groups excluding carboxylic acids is 1. The molecule has 2 heterocycles. The quantitative estimate of drug-likeness (QED) is 0.818. The molecule has 1 fully saturated rings. The number of likely N-dealkylation sites (N-methyl/N-ethyl adjacent to an activating group) is 1. The first-order valence-corrected chi connectivity index (χ1v) is 9.69. The molecule has 0 aliphatic carbocycles. The van der Waals surface area contributed by atoms with Crippen molar-refractivity contribution in [1.82, 2.24) is 19.4 Å². The van der Waals surface area contributed by atoms with Crippen molar-refractivity contribution in [3.63, 3.8) is 0 Å². The van der Waals surface area contributed by atoms with Crippen LogP contribution in [0.4, 0.5) is 10.5 Å². The molecule has 3 rings (SSSR count). The summed E-state index contributed by atoms with van der Waals surface area (Å²) in [6, 6.07) is 6.26. The molecule has 1 atom stereocenters. The summed E-state index contributed by atoms with van der Waals surface area (Å²) in [4.78, 5) is 20.7. The van der Waals surface area contributed by atoms with Crippen LogP contribution >= 0.6 is 0 Å². The largest absolute Gasteiger partial charge is 0.444 e. The van der Waals surface area contributed by atoms with Gasteiger partial charge in [0, 0.05) is 50.3 Å². The van der Waals surface area contributed by atoms with Gasteiger partial charge in [-0.1, -0.05) is 0 Å². The number of aryl methyl sites for hydroxylation is 1. The lowest BCUT2D eigenvalue weighted by atomic mass is 10.1. The van der Waals surface area contributed by atoms with Gasteiger partial charge in [0.25, 0.3) is 0 Å². The zero-order valence-corrected chi connectivity index (χ0v) is 17.5. The SMILES string of the molecule is Cc1cn(-c2cc(N)cc(CN3CC[C@H](N(C)C(=O)OC(C)(C)C)C3)c2)cn1. The first kappa shape index (κ1) is 20.2. The van der Waals surface area contributed by atoms with Crippen molar-refractivity contribution >= 4 is 11.8 Å². The van der Waals surface area contributed by atoms with Gasteiger partial charge in [-0.3, -0.25) is 4.90 Å². The van der Waals surface area contributed by atoms with Gasteiger partial charge in [-0.05, 0) is 57.9 Å². The average molecular weight is 386 g/mol. The lowest BCUT2D eigenvalue weighted by Crippen LogP contribution is -2.42. The predicted molar refractivity (Wildman–Crippen MR) is 110 cm³/mol. The molecule has 1 aromatic heterocycles. The standard InChI is InChI=1S/C21H31N5O2/c1-15-11-26(14-23-15)19-9-16(8-17(22)10-19)12-25-7-6-18(13-25)24(5)20(27)28-21(2,3)4/h8-11,14,18H,6-7,12-13,22H2,1-5H3/t18-/m0/s1. The van der Waals surface area contributed by atoms with E-state index in [9.17, 15) is 4.79 Å². The van der Waals surface area contributed by atoms with Crippen molar-refractivity contribution in [3.8, 4) is 5.69 Å². The number of nitrogens with zero attached hydrogens (tertiary/aromatic N) is 4. The maximum Gasteiger partial charge on any atom is 0.410 e. The van der Waals surface area contributed by atoms with Crippen LogP contribution in [0.1, 0.15) is 38.4 Å². The fraction of sp³-hybridized carbons (Fsp3) is 0.524. The second-order valence-electron chi connectivity index (χ2n) is 8.62. The molecule has 1 amide bonds. The smallest absolute Gasteiger partial charge is 0.410 e. The molecular weight excluding hydrogens is 354 g/mol. The summed E-state index contributed by atoms with van der Waals surface area (Å²) < 4.78 is 7.48.